The van der Waals surface area contributed by atoms with Gasteiger partial charge in [0, 0.05) is 11.4 Å². The van der Waals surface area contributed by atoms with E-state index in [2.05, 4.69) is 25.8 Å². The molecule has 1 heterocycles. The van der Waals surface area contributed by atoms with Gasteiger partial charge in [0.1, 0.15) is 0 Å². The summed E-state index contributed by atoms with van der Waals surface area (Å²) in [5.74, 6) is -0.0163. The van der Waals surface area contributed by atoms with Gasteiger partial charge in [0.2, 0.25) is 11.6 Å². The van der Waals surface area contributed by atoms with Crippen LogP contribution >= 0.6 is 0 Å². The number of aromatic nitrogens is 3. The minimum atomic E-state index is -0.575. The van der Waals surface area contributed by atoms with Gasteiger partial charge in [-0.05, 0) is 45.0 Å². The molecule has 0 aliphatic carbocycles. The summed E-state index contributed by atoms with van der Waals surface area (Å²) in [5.41, 5.74) is 3.93. The summed E-state index contributed by atoms with van der Waals surface area (Å²) in [6.45, 7) is 6.00. The number of carbonyl (C=O) groups excluding carboxylic acids is 1. The number of esters is 1. The van der Waals surface area contributed by atoms with E-state index in [9.17, 15) is 4.79 Å². The predicted octanol–water partition coefficient (Wildman–Crippen LogP) is 4.15. The van der Waals surface area contributed by atoms with E-state index in [1.165, 1.54) is 0 Å². The second-order valence-corrected chi connectivity index (χ2v) is 6.04. The van der Waals surface area contributed by atoms with E-state index in [-0.39, 0.29) is 24.1 Å². The number of rotatable bonds is 6. The van der Waals surface area contributed by atoms with Gasteiger partial charge >= 0.3 is 5.97 Å². The first-order valence-corrected chi connectivity index (χ1v) is 8.64. The van der Waals surface area contributed by atoms with Crippen LogP contribution in [0.3, 0.4) is 0 Å². The Balaban J connectivity index is 1.91. The maximum atomic E-state index is 12.2. The summed E-state index contributed by atoms with van der Waals surface area (Å²) in [5, 5.41) is 14.2. The molecule has 0 atom stereocenters. The fraction of sp³-hybridized carbons (Fsp3) is 0.200. The van der Waals surface area contributed by atoms with Crippen molar-refractivity contribution in [2.75, 3.05) is 17.2 Å². The minimum absolute atomic E-state index is 0.0341. The van der Waals surface area contributed by atoms with Crippen molar-refractivity contribution in [3.63, 3.8) is 0 Å². The first-order chi connectivity index (χ1) is 13.0. The van der Waals surface area contributed by atoms with Gasteiger partial charge in [0.05, 0.1) is 6.61 Å². The van der Waals surface area contributed by atoms with Gasteiger partial charge in [0.15, 0.2) is 5.82 Å². The molecule has 0 bridgehead atoms. The van der Waals surface area contributed by atoms with Gasteiger partial charge < -0.3 is 15.4 Å². The van der Waals surface area contributed by atoms with Crippen molar-refractivity contribution in [2.45, 2.75) is 20.8 Å². The normalized spacial score (nSPS) is 10.3. The van der Waals surface area contributed by atoms with Crippen molar-refractivity contribution in [2.24, 2.45) is 0 Å². The van der Waals surface area contributed by atoms with Gasteiger partial charge in [-0.1, -0.05) is 35.4 Å². The summed E-state index contributed by atoms with van der Waals surface area (Å²) in [4.78, 5) is 16.6. The van der Waals surface area contributed by atoms with Crippen LogP contribution in [0.5, 0.6) is 0 Å². The van der Waals surface area contributed by atoms with Crippen LogP contribution in [-0.2, 0) is 4.74 Å². The predicted molar refractivity (Wildman–Crippen MR) is 105 cm³/mol. The molecule has 0 aliphatic rings. The van der Waals surface area contributed by atoms with Crippen LogP contribution in [0.15, 0.2) is 48.5 Å². The third-order valence-electron chi connectivity index (χ3n) is 3.78. The molecule has 27 heavy (non-hydrogen) atoms. The van der Waals surface area contributed by atoms with Crippen molar-refractivity contribution in [1.82, 2.24) is 15.2 Å². The van der Waals surface area contributed by atoms with Gasteiger partial charge in [-0.3, -0.25) is 0 Å². The second-order valence-electron chi connectivity index (χ2n) is 6.04. The standard InChI is InChI=1S/C20H21N5O2/c1-4-27-19(26)17-18(21-15-9-5-13(2)6-10-15)23-20(25-24-17)22-16-11-7-14(3)8-12-16/h5-12H,4H2,1-3H3,(H2,21,22,23,25). The largest absolute Gasteiger partial charge is 0.461 e. The van der Waals surface area contributed by atoms with E-state index in [0.717, 1.165) is 22.5 Å². The Labute approximate surface area is 157 Å². The lowest BCUT2D eigenvalue weighted by molar-refractivity contribution is 0.0519. The van der Waals surface area contributed by atoms with Gasteiger partial charge in [0.25, 0.3) is 0 Å². The highest BCUT2D eigenvalue weighted by Crippen LogP contribution is 2.21. The number of ether oxygens (including phenoxy) is 1. The molecule has 7 nitrogen and oxygen atoms in total. The van der Waals surface area contributed by atoms with E-state index in [0.29, 0.717) is 0 Å². The van der Waals surface area contributed by atoms with Crippen LogP contribution in [0.25, 0.3) is 0 Å². The molecule has 0 saturated carbocycles. The molecule has 7 heteroatoms. The zero-order chi connectivity index (χ0) is 19.2. The van der Waals surface area contributed by atoms with Crippen LogP contribution in [0, 0.1) is 13.8 Å². The number of hydrogen-bond donors (Lipinski definition) is 2. The zero-order valence-corrected chi connectivity index (χ0v) is 15.5. The zero-order valence-electron chi connectivity index (χ0n) is 15.5. The van der Waals surface area contributed by atoms with Crippen molar-refractivity contribution in [1.29, 1.82) is 0 Å². The monoisotopic (exact) mass is 363 g/mol. The Kier molecular flexibility index (Phi) is 5.61. The van der Waals surface area contributed by atoms with E-state index >= 15 is 0 Å². The summed E-state index contributed by atoms with van der Waals surface area (Å²) < 4.78 is 5.05. The smallest absolute Gasteiger partial charge is 0.362 e. The fourth-order valence-corrected chi connectivity index (χ4v) is 2.34. The summed E-state index contributed by atoms with van der Waals surface area (Å²) in [6.07, 6.45) is 0. The van der Waals surface area contributed by atoms with Crippen molar-refractivity contribution in [3.8, 4) is 0 Å². The second kappa shape index (κ2) is 8.27. The number of nitrogens with zero attached hydrogens (tertiary/aromatic N) is 3. The third-order valence-corrected chi connectivity index (χ3v) is 3.78. The Morgan fingerprint density at radius 3 is 2.00 bits per heavy atom. The van der Waals surface area contributed by atoms with Crippen LogP contribution in [-0.4, -0.2) is 27.8 Å². The molecule has 0 fully saturated rings. The molecule has 0 saturated heterocycles. The molecule has 0 unspecified atom stereocenters. The first kappa shape index (κ1) is 18.3. The Bertz CT molecular complexity index is 924. The van der Waals surface area contributed by atoms with Gasteiger partial charge in [-0.2, -0.15) is 4.98 Å². The molecular weight excluding hydrogens is 342 g/mol. The van der Waals surface area contributed by atoms with Gasteiger partial charge in [-0.25, -0.2) is 4.79 Å². The van der Waals surface area contributed by atoms with Crippen molar-refractivity contribution >= 4 is 29.1 Å². The maximum Gasteiger partial charge on any atom is 0.362 e. The highest BCUT2D eigenvalue weighted by Gasteiger charge is 2.18. The molecule has 2 N–H and O–H groups in total. The van der Waals surface area contributed by atoms with Gasteiger partial charge in [-0.15, -0.1) is 10.2 Å². The number of benzene rings is 2. The molecule has 3 rings (SSSR count). The number of anilines is 4. The highest BCUT2D eigenvalue weighted by atomic mass is 16.5. The molecule has 138 valence electrons. The minimum Gasteiger partial charge on any atom is -0.461 e. The van der Waals surface area contributed by atoms with Crippen molar-refractivity contribution < 1.29 is 9.53 Å². The Hall–Kier alpha value is -3.48. The van der Waals surface area contributed by atoms with E-state index in [1.54, 1.807) is 6.92 Å². The third kappa shape index (κ3) is 4.78. The van der Waals surface area contributed by atoms with E-state index in [1.807, 2.05) is 62.4 Å². The Morgan fingerprint density at radius 1 is 0.889 bits per heavy atom. The van der Waals surface area contributed by atoms with E-state index < -0.39 is 5.97 Å². The summed E-state index contributed by atoms with van der Waals surface area (Å²) in [6, 6.07) is 15.5. The summed E-state index contributed by atoms with van der Waals surface area (Å²) >= 11 is 0. The van der Waals surface area contributed by atoms with Crippen LogP contribution in [0.2, 0.25) is 0 Å². The van der Waals surface area contributed by atoms with Crippen LogP contribution in [0.1, 0.15) is 28.5 Å². The first-order valence-electron chi connectivity index (χ1n) is 8.64. The number of carbonyl (C=O) groups is 1. The molecule has 1 aromatic heterocycles. The average Bonchev–Trinajstić information content (AvgIpc) is 2.66. The molecule has 2 aromatic carbocycles. The van der Waals surface area contributed by atoms with E-state index in [4.69, 9.17) is 4.74 Å². The quantitative estimate of drug-likeness (QED) is 0.636. The Morgan fingerprint density at radius 2 is 1.44 bits per heavy atom. The molecular formula is C20H21N5O2. The molecule has 0 spiro atoms. The lowest BCUT2D eigenvalue weighted by Gasteiger charge is -2.11. The molecule has 3 aromatic rings. The fourth-order valence-electron chi connectivity index (χ4n) is 2.34. The van der Waals surface area contributed by atoms with Crippen LogP contribution < -0.4 is 10.6 Å². The average molecular weight is 363 g/mol. The SMILES string of the molecule is CCOC(=O)c1nnc(Nc2ccc(C)cc2)nc1Nc1ccc(C)cc1. The lowest BCUT2D eigenvalue weighted by Crippen LogP contribution is -2.14. The number of hydrogen-bond acceptors (Lipinski definition) is 7. The van der Waals surface area contributed by atoms with Crippen LogP contribution in [0.4, 0.5) is 23.1 Å². The van der Waals surface area contributed by atoms with Crippen molar-refractivity contribution in [3.05, 3.63) is 65.4 Å². The molecule has 0 radical (unpaired) electrons. The maximum absolute atomic E-state index is 12.2. The molecule has 0 amide bonds. The number of aryl methyl sites for hydroxylation is 2. The highest BCUT2D eigenvalue weighted by molar-refractivity contribution is 5.93. The molecule has 0 aliphatic heterocycles. The lowest BCUT2D eigenvalue weighted by atomic mass is 10.2. The topological polar surface area (TPSA) is 89.0 Å². The number of nitrogens with one attached hydrogen (secondary N) is 2. The summed E-state index contributed by atoms with van der Waals surface area (Å²) in [7, 11) is 0.